The number of aryl methyl sites for hydroxylation is 1. The maximum absolute atomic E-state index is 13.5. The van der Waals surface area contributed by atoms with Crippen LogP contribution in [0.3, 0.4) is 0 Å². The lowest BCUT2D eigenvalue weighted by Crippen LogP contribution is -2.40. The van der Waals surface area contributed by atoms with Gasteiger partial charge in [0.1, 0.15) is 17.1 Å². The van der Waals surface area contributed by atoms with Gasteiger partial charge in [0.05, 0.1) is 18.6 Å². The molecule has 6 rings (SSSR count). The quantitative estimate of drug-likeness (QED) is 0.255. The molecule has 5 aromatic rings. The zero-order valence-electron chi connectivity index (χ0n) is 23.3. The molecule has 0 saturated heterocycles. The minimum absolute atomic E-state index is 0.0959. The summed E-state index contributed by atoms with van der Waals surface area (Å²) in [5, 5.41) is 0. The molecular weight excluding hydrogens is 554 g/mol. The second-order valence-electron chi connectivity index (χ2n) is 10.7. The van der Waals surface area contributed by atoms with E-state index in [1.807, 2.05) is 31.2 Å². The molecule has 0 unspecified atom stereocenters. The van der Waals surface area contributed by atoms with Crippen molar-refractivity contribution in [1.29, 1.82) is 0 Å². The van der Waals surface area contributed by atoms with Crippen molar-refractivity contribution in [1.82, 2.24) is 19.1 Å². The zero-order valence-corrected chi connectivity index (χ0v) is 24.1. The highest BCUT2D eigenvalue weighted by molar-refractivity contribution is 7.92. The molecule has 2 N–H and O–H groups in total. The molecule has 0 bridgehead atoms. The van der Waals surface area contributed by atoms with Gasteiger partial charge in [-0.3, -0.25) is 18.7 Å². The first-order valence-corrected chi connectivity index (χ1v) is 15.2. The van der Waals surface area contributed by atoms with Gasteiger partial charge in [-0.1, -0.05) is 42.5 Å². The van der Waals surface area contributed by atoms with E-state index in [0.717, 1.165) is 29.5 Å². The van der Waals surface area contributed by atoms with Crippen LogP contribution >= 0.6 is 0 Å². The number of fused-ring (bicyclic) bond motifs is 1. The number of sulfonamides is 1. The van der Waals surface area contributed by atoms with Gasteiger partial charge in [-0.05, 0) is 66.6 Å². The number of hydrogen-bond acceptors (Lipinski definition) is 6. The van der Waals surface area contributed by atoms with Crippen molar-refractivity contribution in [3.8, 4) is 5.75 Å². The van der Waals surface area contributed by atoms with Crippen molar-refractivity contribution >= 4 is 26.9 Å². The molecule has 2 heterocycles. The van der Waals surface area contributed by atoms with E-state index in [4.69, 9.17) is 4.74 Å². The van der Waals surface area contributed by atoms with Gasteiger partial charge in [0.25, 0.3) is 15.6 Å². The summed E-state index contributed by atoms with van der Waals surface area (Å²) in [6.07, 6.45) is 2.47. The number of nitrogens with one attached hydrogen (secondary N) is 2. The van der Waals surface area contributed by atoms with Crippen LogP contribution in [0.2, 0.25) is 0 Å². The third kappa shape index (κ3) is 5.60. The number of nitrogens with zero attached hydrogens (tertiary/aromatic N) is 3. The number of benzene rings is 3. The Kier molecular flexibility index (Phi) is 7.19. The normalized spacial score (nSPS) is 13.4. The fourth-order valence-electron chi connectivity index (χ4n) is 4.99. The highest BCUT2D eigenvalue weighted by Gasteiger charge is 2.26. The van der Waals surface area contributed by atoms with Gasteiger partial charge in [-0.15, -0.1) is 0 Å². The molecular formula is C31H31N5O5S. The van der Waals surface area contributed by atoms with Crippen LogP contribution in [0, 0.1) is 12.8 Å². The Morgan fingerprint density at radius 2 is 1.76 bits per heavy atom. The highest BCUT2D eigenvalue weighted by atomic mass is 32.2. The van der Waals surface area contributed by atoms with Crippen LogP contribution in [-0.2, 0) is 29.5 Å². The average Bonchev–Trinajstić information content (AvgIpc) is 3.72. The Hall–Kier alpha value is -4.64. The zero-order chi connectivity index (χ0) is 29.4. The van der Waals surface area contributed by atoms with Gasteiger partial charge in [0.2, 0.25) is 0 Å². The Balaban J connectivity index is 1.28. The van der Waals surface area contributed by atoms with Crippen LogP contribution in [0.25, 0.3) is 11.2 Å². The van der Waals surface area contributed by atoms with Gasteiger partial charge >= 0.3 is 5.69 Å². The van der Waals surface area contributed by atoms with Gasteiger partial charge < -0.3 is 9.72 Å². The summed E-state index contributed by atoms with van der Waals surface area (Å²) >= 11 is 0. The predicted octanol–water partition coefficient (Wildman–Crippen LogP) is 4.05. The molecule has 3 aromatic carbocycles. The van der Waals surface area contributed by atoms with Crippen molar-refractivity contribution < 1.29 is 13.2 Å². The van der Waals surface area contributed by atoms with E-state index in [2.05, 4.69) is 14.7 Å². The third-order valence-electron chi connectivity index (χ3n) is 7.57. The lowest BCUT2D eigenvalue weighted by molar-refractivity contribution is 0.413. The summed E-state index contributed by atoms with van der Waals surface area (Å²) in [6.45, 7) is 2.67. The first-order chi connectivity index (χ1) is 20.2. The van der Waals surface area contributed by atoms with E-state index < -0.39 is 15.6 Å². The van der Waals surface area contributed by atoms with Crippen molar-refractivity contribution in [2.45, 2.75) is 44.2 Å². The second kappa shape index (κ2) is 11.0. The van der Waals surface area contributed by atoms with Gasteiger partial charge in [-0.25, -0.2) is 18.2 Å². The highest BCUT2D eigenvalue weighted by Crippen LogP contribution is 2.30. The lowest BCUT2D eigenvalue weighted by Gasteiger charge is -2.12. The molecule has 11 heteroatoms. The Bertz CT molecular complexity index is 2000. The molecule has 10 nitrogen and oxygen atoms in total. The van der Waals surface area contributed by atoms with Crippen LogP contribution in [0.4, 0.5) is 5.69 Å². The third-order valence-corrected chi connectivity index (χ3v) is 8.95. The van der Waals surface area contributed by atoms with Crippen molar-refractivity contribution in [2.75, 3.05) is 11.8 Å². The van der Waals surface area contributed by atoms with Gasteiger partial charge in [0, 0.05) is 24.7 Å². The average molecular weight is 586 g/mol. The second-order valence-corrected chi connectivity index (χ2v) is 12.4. The minimum atomic E-state index is -3.80. The fourth-order valence-corrected chi connectivity index (χ4v) is 6.08. The molecule has 216 valence electrons. The maximum atomic E-state index is 13.5. The number of rotatable bonds is 10. The number of ether oxygens (including phenoxy) is 1. The summed E-state index contributed by atoms with van der Waals surface area (Å²) in [7, 11) is -2.32. The first kappa shape index (κ1) is 27.5. The van der Waals surface area contributed by atoms with Crippen molar-refractivity contribution in [3.05, 3.63) is 116 Å². The molecule has 0 radical (unpaired) electrons. The maximum Gasteiger partial charge on any atom is 0.333 e. The number of methoxy groups -OCH3 is 1. The number of anilines is 1. The number of aromatic amines is 1. The molecule has 0 amide bonds. The molecule has 1 saturated carbocycles. The number of hydrogen-bond donors (Lipinski definition) is 2. The van der Waals surface area contributed by atoms with Crippen molar-refractivity contribution in [3.63, 3.8) is 0 Å². The fraction of sp³-hybridized carbons (Fsp3) is 0.258. The first-order valence-electron chi connectivity index (χ1n) is 13.7. The summed E-state index contributed by atoms with van der Waals surface area (Å²) in [6, 6.07) is 20.9. The molecule has 1 aliphatic rings. The summed E-state index contributed by atoms with van der Waals surface area (Å²) in [4.78, 5) is 35.0. The Morgan fingerprint density at radius 1 is 1.00 bits per heavy atom. The van der Waals surface area contributed by atoms with Gasteiger partial charge in [-0.2, -0.15) is 0 Å². The van der Waals surface area contributed by atoms with Crippen LogP contribution in [0.15, 0.2) is 87.3 Å². The van der Waals surface area contributed by atoms with Crippen LogP contribution in [0.5, 0.6) is 5.75 Å². The molecule has 42 heavy (non-hydrogen) atoms. The molecule has 1 fully saturated rings. The van der Waals surface area contributed by atoms with E-state index in [9.17, 15) is 18.0 Å². The van der Waals surface area contributed by atoms with Crippen LogP contribution < -0.4 is 20.7 Å². The van der Waals surface area contributed by atoms with E-state index in [1.165, 1.54) is 23.8 Å². The van der Waals surface area contributed by atoms with E-state index in [0.29, 0.717) is 47.3 Å². The Morgan fingerprint density at radius 3 is 2.48 bits per heavy atom. The minimum Gasteiger partial charge on any atom is -0.497 e. The van der Waals surface area contributed by atoms with Crippen LogP contribution in [0.1, 0.15) is 35.4 Å². The molecule has 1 aliphatic carbocycles. The predicted molar refractivity (Wildman–Crippen MR) is 161 cm³/mol. The summed E-state index contributed by atoms with van der Waals surface area (Å²) in [5.41, 5.74) is 3.11. The van der Waals surface area contributed by atoms with E-state index >= 15 is 0 Å². The monoisotopic (exact) mass is 585 g/mol. The lowest BCUT2D eigenvalue weighted by atomic mass is 10.1. The van der Waals surface area contributed by atoms with Crippen LogP contribution in [-0.4, -0.2) is 34.6 Å². The number of imidazole rings is 1. The van der Waals surface area contributed by atoms with E-state index in [1.54, 1.807) is 41.0 Å². The SMILES string of the molecule is COc1cccc(S(=O)(=O)Nc2ccc(Cc3nc4c([nH]3)c(=O)n(Cc3ccccc3C)c(=O)n4CC3CC3)cc2)c1. The smallest absolute Gasteiger partial charge is 0.333 e. The molecule has 2 aromatic heterocycles. The van der Waals surface area contributed by atoms with E-state index in [-0.39, 0.29) is 17.1 Å². The summed E-state index contributed by atoms with van der Waals surface area (Å²) in [5.74, 6) is 1.40. The topological polar surface area (TPSA) is 128 Å². The molecule has 0 aliphatic heterocycles. The molecule has 0 spiro atoms. The summed E-state index contributed by atoms with van der Waals surface area (Å²) < 4.78 is 36.3. The molecule has 0 atom stereocenters. The number of H-pyrrole nitrogens is 1. The largest absolute Gasteiger partial charge is 0.497 e. The standard InChI is InChI=1S/C31H31N5O5S/c1-20-6-3-4-7-23(20)19-36-30(37)28-29(35(31(36)38)18-22-10-11-22)33-27(32-28)16-21-12-14-24(15-13-21)34-42(39,40)26-9-5-8-25(17-26)41-2/h3-9,12-15,17,22,34H,10-11,16,18-19H2,1-2H3,(H,32,33). The Labute approximate surface area is 242 Å². The number of aromatic nitrogens is 4. The van der Waals surface area contributed by atoms with Gasteiger partial charge in [0.15, 0.2) is 5.65 Å². The van der Waals surface area contributed by atoms with Crippen molar-refractivity contribution in [2.24, 2.45) is 5.92 Å².